The normalized spacial score (nSPS) is 52.2. The summed E-state index contributed by atoms with van der Waals surface area (Å²) in [6.07, 6.45) is -13.6. The molecular weight excluding hydrogens is 788 g/mol. The summed E-state index contributed by atoms with van der Waals surface area (Å²) in [6, 6.07) is 0. The molecule has 20 atom stereocenters. The highest BCUT2D eigenvalue weighted by atomic mass is 16.7. The average Bonchev–Trinajstić information content (AvgIpc) is 3.20. The SMILES string of the molecule is COC(=O)[C@]12CCC(C)(C)C[C@H]1C1=CC[C@@H]3[C@]4(C)C[C@H](O)[C@H](O[C@@H]5O[C@H](CO[C@@H]6O[C@H](CO)[C@@H](O)[C@@H](O)[C@H]6O)[C@@H](O)[C@@H](O)[C@H]5O)C(CO)(CO)[C@@H]4CC[C@@]3(C)[C@@]1(C)C[C@@H]2O. The van der Waals surface area contributed by atoms with E-state index in [-0.39, 0.29) is 29.6 Å². The number of ether oxygens (including phenoxy) is 5. The smallest absolute Gasteiger partial charge is 0.315 e. The van der Waals surface area contributed by atoms with Gasteiger partial charge in [-0.25, -0.2) is 0 Å². The molecule has 17 heteroatoms. The van der Waals surface area contributed by atoms with Crippen molar-refractivity contribution in [2.75, 3.05) is 33.5 Å². The van der Waals surface area contributed by atoms with Crippen LogP contribution in [0.25, 0.3) is 0 Å². The van der Waals surface area contributed by atoms with E-state index in [0.29, 0.717) is 32.1 Å². The van der Waals surface area contributed by atoms with Crippen LogP contribution in [-0.2, 0) is 28.5 Å². The first-order chi connectivity index (χ1) is 28.1. The van der Waals surface area contributed by atoms with Gasteiger partial charge in [-0.05, 0) is 90.8 Å². The van der Waals surface area contributed by atoms with Crippen LogP contribution in [0.15, 0.2) is 11.6 Å². The molecule has 4 saturated carbocycles. The second-order valence-corrected chi connectivity index (χ2v) is 20.9. The summed E-state index contributed by atoms with van der Waals surface area (Å²) < 4.78 is 28.6. The molecule has 11 N–H and O–H groups in total. The van der Waals surface area contributed by atoms with E-state index in [9.17, 15) is 61.0 Å². The number of carbonyl (C=O) groups is 1. The Kier molecular flexibility index (Phi) is 12.6. The van der Waals surface area contributed by atoms with E-state index in [1.807, 2.05) is 0 Å². The third-order valence-corrected chi connectivity index (χ3v) is 17.6. The third-order valence-electron chi connectivity index (χ3n) is 17.6. The van der Waals surface area contributed by atoms with E-state index >= 15 is 0 Å². The van der Waals surface area contributed by atoms with Gasteiger partial charge in [-0.2, -0.15) is 0 Å². The van der Waals surface area contributed by atoms with Crippen molar-refractivity contribution in [2.24, 2.45) is 50.2 Å². The Labute approximate surface area is 351 Å². The number of rotatable bonds is 9. The first kappa shape index (κ1) is 46.6. The van der Waals surface area contributed by atoms with Crippen molar-refractivity contribution < 1.29 is 84.7 Å². The molecule has 2 saturated heterocycles. The van der Waals surface area contributed by atoms with Crippen LogP contribution in [0.1, 0.15) is 86.0 Å². The molecule has 7 rings (SSSR count). The summed E-state index contributed by atoms with van der Waals surface area (Å²) in [7, 11) is 1.39. The maximum Gasteiger partial charge on any atom is 0.315 e. The topological polar surface area (TPSA) is 286 Å². The van der Waals surface area contributed by atoms with E-state index in [1.54, 1.807) is 0 Å². The lowest BCUT2D eigenvalue weighted by atomic mass is 9.33. The Hall–Kier alpha value is -1.39. The third kappa shape index (κ3) is 6.70. The van der Waals surface area contributed by atoms with E-state index in [1.165, 1.54) is 12.7 Å². The molecule has 0 radical (unpaired) electrons. The lowest BCUT2D eigenvalue weighted by Crippen LogP contribution is -2.71. The largest absolute Gasteiger partial charge is 0.468 e. The van der Waals surface area contributed by atoms with Crippen molar-refractivity contribution in [3.8, 4) is 0 Å². The van der Waals surface area contributed by atoms with E-state index in [2.05, 4.69) is 40.7 Å². The summed E-state index contributed by atoms with van der Waals surface area (Å²) in [5.41, 5.74) is -3.09. The van der Waals surface area contributed by atoms with Gasteiger partial charge >= 0.3 is 5.97 Å². The highest BCUT2D eigenvalue weighted by molar-refractivity contribution is 5.79. The standard InChI is InChI=1S/C43H70O17/c1-38(2)11-12-43(37(55)56-6)21(13-38)20-7-8-25-39(3)14-22(47)34(42(18-45,19-46)26(39)9-10-40(25,4)41(20,5)15-27(43)48)60-36-33(54)31(52)29(50)24(59-36)17-57-35-32(53)30(51)28(49)23(16-44)58-35/h7,21-36,44-54H,8-19H2,1-6H3/t21-,22-,23+,24+,25+,26+,27-,28+,29+,30+,31+,32+,33+,34-,35+,36-,39-,40+,41-,43+/m0/s1. The van der Waals surface area contributed by atoms with Crippen molar-refractivity contribution in [3.63, 3.8) is 0 Å². The predicted molar refractivity (Wildman–Crippen MR) is 208 cm³/mol. The van der Waals surface area contributed by atoms with Crippen molar-refractivity contribution in [2.45, 2.75) is 166 Å². The fraction of sp³-hybridized carbons (Fsp3) is 0.930. The lowest BCUT2D eigenvalue weighted by molar-refractivity contribution is -0.358. The number of aliphatic hydroxyl groups is 11. The molecule has 0 aromatic carbocycles. The van der Waals surface area contributed by atoms with Crippen LogP contribution < -0.4 is 0 Å². The zero-order valence-corrected chi connectivity index (χ0v) is 35.7. The molecule has 0 aromatic rings. The first-order valence-corrected chi connectivity index (χ1v) is 21.7. The predicted octanol–water partition coefficient (Wildman–Crippen LogP) is -1.14. The molecule has 0 spiro atoms. The maximum atomic E-state index is 13.7. The Bertz CT molecular complexity index is 1600. The maximum absolute atomic E-state index is 13.7. The van der Waals surface area contributed by atoms with E-state index < -0.39 is 139 Å². The Balaban J connectivity index is 1.16. The number of aliphatic hydroxyl groups excluding tert-OH is 11. The van der Waals surface area contributed by atoms with Crippen LogP contribution in [-0.4, -0.2) is 175 Å². The van der Waals surface area contributed by atoms with Crippen molar-refractivity contribution in [3.05, 3.63) is 11.6 Å². The second kappa shape index (κ2) is 16.2. The summed E-state index contributed by atoms with van der Waals surface area (Å²) in [4.78, 5) is 13.7. The van der Waals surface area contributed by atoms with Crippen LogP contribution >= 0.6 is 0 Å². The molecule has 5 aliphatic carbocycles. The molecule has 0 aromatic heterocycles. The van der Waals surface area contributed by atoms with Crippen molar-refractivity contribution in [1.82, 2.24) is 0 Å². The van der Waals surface area contributed by atoms with Gasteiger partial charge in [0.25, 0.3) is 0 Å². The zero-order chi connectivity index (χ0) is 44.1. The number of methoxy groups -OCH3 is 1. The van der Waals surface area contributed by atoms with Gasteiger partial charge < -0.3 is 79.9 Å². The van der Waals surface area contributed by atoms with Gasteiger partial charge in [0, 0.05) is 5.41 Å². The first-order valence-electron chi connectivity index (χ1n) is 21.7. The number of hydrogen-bond donors (Lipinski definition) is 11. The number of esters is 1. The van der Waals surface area contributed by atoms with Gasteiger partial charge in [0.15, 0.2) is 12.6 Å². The van der Waals surface area contributed by atoms with Crippen LogP contribution in [0, 0.1) is 50.2 Å². The van der Waals surface area contributed by atoms with Gasteiger partial charge in [-0.3, -0.25) is 4.79 Å². The van der Waals surface area contributed by atoms with E-state index in [0.717, 1.165) is 12.8 Å². The number of allylic oxidation sites excluding steroid dienone is 2. The molecule has 17 nitrogen and oxygen atoms in total. The van der Waals surface area contributed by atoms with Gasteiger partial charge in [0.2, 0.25) is 0 Å². The quantitative estimate of drug-likeness (QED) is 0.0742. The molecule has 2 aliphatic heterocycles. The van der Waals surface area contributed by atoms with Gasteiger partial charge in [0.1, 0.15) is 54.2 Å². The minimum Gasteiger partial charge on any atom is -0.468 e. The van der Waals surface area contributed by atoms with Gasteiger partial charge in [-0.1, -0.05) is 46.3 Å². The molecule has 7 aliphatic rings. The summed E-state index contributed by atoms with van der Waals surface area (Å²) >= 11 is 0. The Morgan fingerprint density at radius 3 is 1.98 bits per heavy atom. The van der Waals surface area contributed by atoms with Crippen LogP contribution in [0.5, 0.6) is 0 Å². The molecule has 0 unspecified atom stereocenters. The molecular formula is C43H70O17. The summed E-state index contributed by atoms with van der Waals surface area (Å²) in [5.74, 6) is -1.13. The second-order valence-electron chi connectivity index (χ2n) is 20.9. The molecule has 6 fully saturated rings. The lowest BCUT2D eigenvalue weighted by Gasteiger charge is -2.72. The molecule has 0 bridgehead atoms. The minimum atomic E-state index is -1.85. The number of fused-ring (bicyclic) bond motifs is 7. The zero-order valence-electron chi connectivity index (χ0n) is 35.7. The fourth-order valence-corrected chi connectivity index (χ4v) is 14.0. The number of hydrogen-bond acceptors (Lipinski definition) is 17. The molecule has 60 heavy (non-hydrogen) atoms. The molecule has 2 heterocycles. The Morgan fingerprint density at radius 2 is 1.37 bits per heavy atom. The van der Waals surface area contributed by atoms with Crippen LogP contribution in [0.3, 0.4) is 0 Å². The molecule has 0 amide bonds. The van der Waals surface area contributed by atoms with Crippen molar-refractivity contribution >= 4 is 5.97 Å². The summed E-state index contributed by atoms with van der Waals surface area (Å²) in [6.45, 7) is 8.44. The van der Waals surface area contributed by atoms with E-state index in [4.69, 9.17) is 23.7 Å². The van der Waals surface area contributed by atoms with Gasteiger partial charge in [-0.15, -0.1) is 0 Å². The average molecular weight is 859 g/mol. The van der Waals surface area contributed by atoms with Crippen LogP contribution in [0.4, 0.5) is 0 Å². The molecule has 344 valence electrons. The van der Waals surface area contributed by atoms with Gasteiger partial charge in [0.05, 0.1) is 51.8 Å². The summed E-state index contributed by atoms with van der Waals surface area (Å²) in [5, 5.41) is 120. The highest BCUT2D eigenvalue weighted by Gasteiger charge is 2.73. The van der Waals surface area contributed by atoms with Crippen molar-refractivity contribution in [1.29, 1.82) is 0 Å². The number of carbonyl (C=O) groups excluding carboxylic acids is 1. The monoisotopic (exact) mass is 858 g/mol. The fourth-order valence-electron chi connectivity index (χ4n) is 14.0. The Morgan fingerprint density at radius 1 is 0.750 bits per heavy atom. The van der Waals surface area contributed by atoms with Crippen LogP contribution in [0.2, 0.25) is 0 Å². The minimum absolute atomic E-state index is 0.0617. The highest BCUT2D eigenvalue weighted by Crippen LogP contribution is 2.76.